The minimum absolute atomic E-state index is 0.237. The van der Waals surface area contributed by atoms with Crippen molar-refractivity contribution >= 4 is 17.3 Å². The van der Waals surface area contributed by atoms with Crippen molar-refractivity contribution in [3.63, 3.8) is 0 Å². The second-order valence-corrected chi connectivity index (χ2v) is 5.59. The van der Waals surface area contributed by atoms with Crippen LogP contribution in [0.3, 0.4) is 0 Å². The zero-order valence-corrected chi connectivity index (χ0v) is 13.4. The van der Waals surface area contributed by atoms with Gasteiger partial charge in [-0.1, -0.05) is 0 Å². The number of thiocarbonyl (C=S) groups is 1. The maximum absolute atomic E-state index is 5.23. The topological polar surface area (TPSA) is 36.5 Å². The van der Waals surface area contributed by atoms with Crippen LogP contribution in [0.25, 0.3) is 0 Å². The molecule has 0 heterocycles. The summed E-state index contributed by atoms with van der Waals surface area (Å²) in [7, 11) is 1.69. The predicted octanol–water partition coefficient (Wildman–Crippen LogP) is 1.60. The fourth-order valence-electron chi connectivity index (χ4n) is 1.98. The lowest BCUT2D eigenvalue weighted by Gasteiger charge is -2.30. The summed E-state index contributed by atoms with van der Waals surface area (Å²) in [5, 5.41) is 7.13. The standard InChI is InChI=1S/C13H29N3OS/c1-10(2)16(11(3)4)8-7-14-13(18)15-12(5)9-17-6/h10-12H,7-9H2,1-6H3,(H2,14,15,18). The van der Waals surface area contributed by atoms with Crippen LogP contribution in [-0.4, -0.2) is 54.9 Å². The number of hydrogen-bond acceptors (Lipinski definition) is 3. The van der Waals surface area contributed by atoms with Crippen LogP contribution in [0.1, 0.15) is 34.6 Å². The van der Waals surface area contributed by atoms with Gasteiger partial charge < -0.3 is 15.4 Å². The first-order chi connectivity index (χ1) is 8.38. The zero-order valence-electron chi connectivity index (χ0n) is 12.6. The Morgan fingerprint density at radius 2 is 1.72 bits per heavy atom. The molecular formula is C13H29N3OS. The Balaban J connectivity index is 3.85. The Kier molecular flexibility index (Phi) is 9.32. The van der Waals surface area contributed by atoms with Gasteiger partial charge in [-0.2, -0.15) is 0 Å². The molecule has 2 N–H and O–H groups in total. The Morgan fingerprint density at radius 1 is 1.17 bits per heavy atom. The zero-order chi connectivity index (χ0) is 14.1. The highest BCUT2D eigenvalue weighted by Gasteiger charge is 2.12. The quantitative estimate of drug-likeness (QED) is 0.658. The molecule has 0 aliphatic carbocycles. The number of nitrogens with zero attached hydrogens (tertiary/aromatic N) is 1. The van der Waals surface area contributed by atoms with Crippen LogP contribution in [-0.2, 0) is 4.74 Å². The summed E-state index contributed by atoms with van der Waals surface area (Å²) in [4.78, 5) is 2.44. The first-order valence-electron chi connectivity index (χ1n) is 6.67. The molecule has 1 unspecified atom stereocenters. The van der Waals surface area contributed by atoms with E-state index in [1.165, 1.54) is 0 Å². The van der Waals surface area contributed by atoms with Gasteiger partial charge in [0.05, 0.1) is 6.61 Å². The Morgan fingerprint density at radius 3 is 2.17 bits per heavy atom. The Bertz CT molecular complexity index is 226. The van der Waals surface area contributed by atoms with Crippen molar-refractivity contribution in [2.24, 2.45) is 0 Å². The van der Waals surface area contributed by atoms with Crippen molar-refractivity contribution in [3.05, 3.63) is 0 Å². The third-order valence-corrected chi connectivity index (χ3v) is 3.04. The minimum Gasteiger partial charge on any atom is -0.383 e. The van der Waals surface area contributed by atoms with Gasteiger partial charge in [-0.3, -0.25) is 4.90 Å². The lowest BCUT2D eigenvalue weighted by Crippen LogP contribution is -2.47. The van der Waals surface area contributed by atoms with E-state index in [1.807, 2.05) is 6.92 Å². The van der Waals surface area contributed by atoms with E-state index in [9.17, 15) is 0 Å². The lowest BCUT2D eigenvalue weighted by atomic mass is 10.2. The maximum atomic E-state index is 5.23. The number of nitrogens with one attached hydrogen (secondary N) is 2. The minimum atomic E-state index is 0.237. The third kappa shape index (κ3) is 7.84. The molecule has 0 rings (SSSR count). The second kappa shape index (κ2) is 9.53. The molecular weight excluding hydrogens is 246 g/mol. The van der Waals surface area contributed by atoms with E-state index in [0.29, 0.717) is 23.8 Å². The fraction of sp³-hybridized carbons (Fsp3) is 0.923. The van der Waals surface area contributed by atoms with Crippen LogP contribution < -0.4 is 10.6 Å². The number of rotatable bonds is 8. The molecule has 0 radical (unpaired) electrons. The summed E-state index contributed by atoms with van der Waals surface area (Å²) in [6, 6.07) is 1.35. The summed E-state index contributed by atoms with van der Waals surface area (Å²) in [5.74, 6) is 0. The molecule has 0 fully saturated rings. The van der Waals surface area contributed by atoms with Gasteiger partial charge in [-0.25, -0.2) is 0 Å². The summed E-state index contributed by atoms with van der Waals surface area (Å²) in [5.41, 5.74) is 0. The molecule has 0 aromatic rings. The monoisotopic (exact) mass is 275 g/mol. The highest BCUT2D eigenvalue weighted by atomic mass is 32.1. The van der Waals surface area contributed by atoms with Crippen molar-refractivity contribution < 1.29 is 4.74 Å². The molecule has 1 atom stereocenters. The molecule has 108 valence electrons. The second-order valence-electron chi connectivity index (χ2n) is 5.18. The van der Waals surface area contributed by atoms with Gasteiger partial charge in [0.15, 0.2) is 5.11 Å². The van der Waals surface area contributed by atoms with Crippen molar-refractivity contribution in [3.8, 4) is 0 Å². The van der Waals surface area contributed by atoms with Crippen LogP contribution in [0.2, 0.25) is 0 Å². The maximum Gasteiger partial charge on any atom is 0.166 e. The van der Waals surface area contributed by atoms with Crippen molar-refractivity contribution in [2.45, 2.75) is 52.7 Å². The van der Waals surface area contributed by atoms with Gasteiger partial charge in [-0.05, 0) is 46.8 Å². The molecule has 18 heavy (non-hydrogen) atoms. The number of ether oxygens (including phenoxy) is 1. The Hall–Kier alpha value is -0.390. The molecule has 0 saturated heterocycles. The van der Waals surface area contributed by atoms with Crippen LogP contribution in [0, 0.1) is 0 Å². The van der Waals surface area contributed by atoms with E-state index in [2.05, 4.69) is 43.2 Å². The van der Waals surface area contributed by atoms with Gasteiger partial charge in [0.1, 0.15) is 0 Å². The highest BCUT2D eigenvalue weighted by molar-refractivity contribution is 7.80. The molecule has 0 bridgehead atoms. The van der Waals surface area contributed by atoms with Crippen LogP contribution in [0.4, 0.5) is 0 Å². The summed E-state index contributed by atoms with van der Waals surface area (Å²) in [6.45, 7) is 13.4. The molecule has 4 nitrogen and oxygen atoms in total. The SMILES string of the molecule is COCC(C)NC(=S)NCCN(C(C)C)C(C)C. The van der Waals surface area contributed by atoms with Crippen molar-refractivity contribution in [2.75, 3.05) is 26.8 Å². The molecule has 0 amide bonds. The fourth-order valence-corrected chi connectivity index (χ4v) is 2.28. The average molecular weight is 275 g/mol. The Labute approximate surface area is 117 Å². The summed E-state index contributed by atoms with van der Waals surface area (Å²) >= 11 is 5.23. The highest BCUT2D eigenvalue weighted by Crippen LogP contribution is 2.03. The van der Waals surface area contributed by atoms with E-state index in [4.69, 9.17) is 17.0 Å². The number of methoxy groups -OCH3 is 1. The molecule has 0 aromatic carbocycles. The van der Waals surface area contributed by atoms with Crippen LogP contribution in [0.15, 0.2) is 0 Å². The van der Waals surface area contributed by atoms with Gasteiger partial charge in [0.25, 0.3) is 0 Å². The van der Waals surface area contributed by atoms with E-state index in [1.54, 1.807) is 7.11 Å². The predicted molar refractivity (Wildman–Crippen MR) is 82.1 cm³/mol. The van der Waals surface area contributed by atoms with Crippen molar-refractivity contribution in [1.82, 2.24) is 15.5 Å². The van der Waals surface area contributed by atoms with Gasteiger partial charge in [0, 0.05) is 38.3 Å². The summed E-state index contributed by atoms with van der Waals surface area (Å²) in [6.07, 6.45) is 0. The van der Waals surface area contributed by atoms with Gasteiger partial charge in [-0.15, -0.1) is 0 Å². The van der Waals surface area contributed by atoms with Crippen LogP contribution >= 0.6 is 12.2 Å². The van der Waals surface area contributed by atoms with Crippen LogP contribution in [0.5, 0.6) is 0 Å². The average Bonchev–Trinajstić information content (AvgIpc) is 2.23. The third-order valence-electron chi connectivity index (χ3n) is 2.78. The first kappa shape index (κ1) is 17.6. The van der Waals surface area contributed by atoms with Gasteiger partial charge >= 0.3 is 0 Å². The molecule has 0 aliphatic heterocycles. The molecule has 0 saturated carbocycles. The summed E-state index contributed by atoms with van der Waals surface area (Å²) < 4.78 is 5.05. The van der Waals surface area contributed by atoms with E-state index in [0.717, 1.165) is 13.1 Å². The van der Waals surface area contributed by atoms with E-state index < -0.39 is 0 Å². The van der Waals surface area contributed by atoms with E-state index >= 15 is 0 Å². The first-order valence-corrected chi connectivity index (χ1v) is 7.08. The smallest absolute Gasteiger partial charge is 0.166 e. The normalized spacial score (nSPS) is 13.2. The molecule has 0 aliphatic rings. The molecule has 0 spiro atoms. The van der Waals surface area contributed by atoms with E-state index in [-0.39, 0.29) is 6.04 Å². The number of hydrogen-bond donors (Lipinski definition) is 2. The van der Waals surface area contributed by atoms with Gasteiger partial charge in [0.2, 0.25) is 0 Å². The molecule has 0 aromatic heterocycles. The molecule has 5 heteroatoms. The van der Waals surface area contributed by atoms with Crippen molar-refractivity contribution in [1.29, 1.82) is 0 Å². The largest absolute Gasteiger partial charge is 0.383 e. The lowest BCUT2D eigenvalue weighted by molar-refractivity contribution is 0.176.